The molecule has 1 atom stereocenters. The minimum Gasteiger partial charge on any atom is -0.374 e. The summed E-state index contributed by atoms with van der Waals surface area (Å²) in [6.07, 6.45) is 0.0862. The number of halogens is 1. The van der Waals surface area contributed by atoms with Crippen LogP contribution in [-0.2, 0) is 4.74 Å². The molecule has 0 spiro atoms. The molecule has 1 aromatic heterocycles. The van der Waals surface area contributed by atoms with Gasteiger partial charge in [0.25, 0.3) is 0 Å². The van der Waals surface area contributed by atoms with E-state index in [1.54, 1.807) is 28.9 Å². The van der Waals surface area contributed by atoms with Gasteiger partial charge in [-0.1, -0.05) is 0 Å². The SMILES string of the molecule is N#Cc1ccc(-n2nc(NC[C@@H]3CNCCO3)cc2-c2ccc(F)cc2)cc1. The van der Waals surface area contributed by atoms with Crippen LogP contribution in [0.15, 0.2) is 54.6 Å². The fourth-order valence-corrected chi connectivity index (χ4v) is 3.14. The zero-order chi connectivity index (χ0) is 19.3. The molecule has 1 fully saturated rings. The van der Waals surface area contributed by atoms with E-state index in [-0.39, 0.29) is 11.9 Å². The lowest BCUT2D eigenvalue weighted by molar-refractivity contribution is 0.0372. The molecule has 3 aromatic rings. The van der Waals surface area contributed by atoms with E-state index >= 15 is 0 Å². The summed E-state index contributed by atoms with van der Waals surface area (Å²) >= 11 is 0. The lowest BCUT2D eigenvalue weighted by Gasteiger charge is -2.23. The topological polar surface area (TPSA) is 74.9 Å². The number of nitriles is 1. The molecule has 0 aliphatic carbocycles. The number of hydrogen-bond acceptors (Lipinski definition) is 5. The molecule has 4 rings (SSSR count). The number of benzene rings is 2. The van der Waals surface area contributed by atoms with Crippen molar-refractivity contribution >= 4 is 5.82 Å². The van der Waals surface area contributed by atoms with Gasteiger partial charge >= 0.3 is 0 Å². The Hall–Kier alpha value is -3.21. The van der Waals surface area contributed by atoms with Crippen LogP contribution in [0.5, 0.6) is 0 Å². The van der Waals surface area contributed by atoms with Gasteiger partial charge < -0.3 is 15.4 Å². The highest BCUT2D eigenvalue weighted by molar-refractivity contribution is 5.66. The summed E-state index contributed by atoms with van der Waals surface area (Å²) in [6.45, 7) is 3.01. The standard InChI is InChI=1S/C21H20FN5O/c22-17-5-3-16(4-6-17)20-11-21(25-14-19-13-24-9-10-28-19)26-27(20)18-7-1-15(12-23)2-8-18/h1-8,11,19,24H,9-10,13-14H2,(H,25,26)/t19-/m0/s1. The van der Waals surface area contributed by atoms with E-state index in [4.69, 9.17) is 10.00 Å². The zero-order valence-electron chi connectivity index (χ0n) is 15.2. The summed E-state index contributed by atoms with van der Waals surface area (Å²) in [4.78, 5) is 0. The first-order valence-corrected chi connectivity index (χ1v) is 9.16. The van der Waals surface area contributed by atoms with Crippen molar-refractivity contribution in [2.75, 3.05) is 31.6 Å². The minimum absolute atomic E-state index is 0.0862. The van der Waals surface area contributed by atoms with E-state index < -0.39 is 0 Å². The molecule has 0 bridgehead atoms. The Morgan fingerprint density at radius 1 is 1.21 bits per heavy atom. The van der Waals surface area contributed by atoms with Crippen molar-refractivity contribution in [1.29, 1.82) is 5.26 Å². The van der Waals surface area contributed by atoms with Crippen molar-refractivity contribution in [1.82, 2.24) is 15.1 Å². The number of aromatic nitrogens is 2. The molecule has 1 saturated heterocycles. The first-order chi connectivity index (χ1) is 13.7. The zero-order valence-corrected chi connectivity index (χ0v) is 15.2. The summed E-state index contributed by atoms with van der Waals surface area (Å²) in [5.74, 6) is 0.423. The number of ether oxygens (including phenoxy) is 1. The van der Waals surface area contributed by atoms with Gasteiger partial charge in [0.15, 0.2) is 0 Å². The molecule has 7 heteroatoms. The molecule has 0 amide bonds. The molecule has 1 aliphatic heterocycles. The Kier molecular flexibility index (Phi) is 5.33. The van der Waals surface area contributed by atoms with Crippen molar-refractivity contribution in [2.24, 2.45) is 0 Å². The third kappa shape index (κ3) is 4.03. The third-order valence-corrected chi connectivity index (χ3v) is 4.61. The fraction of sp³-hybridized carbons (Fsp3) is 0.238. The van der Waals surface area contributed by atoms with E-state index in [0.29, 0.717) is 24.5 Å². The number of anilines is 1. The lowest BCUT2D eigenvalue weighted by Crippen LogP contribution is -2.42. The van der Waals surface area contributed by atoms with Crippen molar-refractivity contribution in [2.45, 2.75) is 6.10 Å². The van der Waals surface area contributed by atoms with Gasteiger partial charge in [0.2, 0.25) is 0 Å². The van der Waals surface area contributed by atoms with Gasteiger partial charge in [0.1, 0.15) is 11.6 Å². The Morgan fingerprint density at radius 3 is 2.68 bits per heavy atom. The molecule has 0 saturated carbocycles. The van der Waals surface area contributed by atoms with Crippen LogP contribution < -0.4 is 10.6 Å². The summed E-state index contributed by atoms with van der Waals surface area (Å²) < 4.78 is 20.9. The molecule has 2 N–H and O–H groups in total. The Labute approximate surface area is 162 Å². The van der Waals surface area contributed by atoms with Gasteiger partial charge in [-0.2, -0.15) is 5.26 Å². The van der Waals surface area contributed by atoms with E-state index in [2.05, 4.69) is 21.8 Å². The fourth-order valence-electron chi connectivity index (χ4n) is 3.14. The van der Waals surface area contributed by atoms with Crippen molar-refractivity contribution in [3.8, 4) is 23.0 Å². The van der Waals surface area contributed by atoms with Crippen LogP contribution in [0.25, 0.3) is 16.9 Å². The number of nitrogens with one attached hydrogen (secondary N) is 2. The van der Waals surface area contributed by atoms with Crippen LogP contribution in [0, 0.1) is 17.1 Å². The van der Waals surface area contributed by atoms with Crippen LogP contribution >= 0.6 is 0 Å². The molecule has 0 unspecified atom stereocenters. The van der Waals surface area contributed by atoms with Crippen molar-refractivity contribution < 1.29 is 9.13 Å². The monoisotopic (exact) mass is 377 g/mol. The molecule has 142 valence electrons. The van der Waals surface area contributed by atoms with Crippen LogP contribution in [0.2, 0.25) is 0 Å². The first-order valence-electron chi connectivity index (χ1n) is 9.16. The maximum absolute atomic E-state index is 13.4. The number of rotatable bonds is 5. The highest BCUT2D eigenvalue weighted by Gasteiger charge is 2.16. The summed E-state index contributed by atoms with van der Waals surface area (Å²) in [5.41, 5.74) is 3.08. The van der Waals surface area contributed by atoms with Crippen LogP contribution in [0.1, 0.15) is 5.56 Å². The second kappa shape index (κ2) is 8.21. The number of nitrogens with zero attached hydrogens (tertiary/aromatic N) is 3. The van der Waals surface area contributed by atoms with Crippen LogP contribution in [0.3, 0.4) is 0 Å². The number of morpholine rings is 1. The summed E-state index contributed by atoms with van der Waals surface area (Å²) in [6, 6.07) is 17.6. The average molecular weight is 377 g/mol. The highest BCUT2D eigenvalue weighted by atomic mass is 19.1. The van der Waals surface area contributed by atoms with E-state index in [0.717, 1.165) is 30.0 Å². The maximum atomic E-state index is 13.4. The molecule has 28 heavy (non-hydrogen) atoms. The minimum atomic E-state index is -0.284. The maximum Gasteiger partial charge on any atom is 0.149 e. The predicted molar refractivity (Wildman–Crippen MR) is 105 cm³/mol. The third-order valence-electron chi connectivity index (χ3n) is 4.61. The van der Waals surface area contributed by atoms with E-state index in [1.165, 1.54) is 12.1 Å². The van der Waals surface area contributed by atoms with Crippen LogP contribution in [0.4, 0.5) is 10.2 Å². The van der Waals surface area contributed by atoms with E-state index in [1.807, 2.05) is 18.2 Å². The quantitative estimate of drug-likeness (QED) is 0.715. The lowest BCUT2D eigenvalue weighted by atomic mass is 10.1. The molecular formula is C21H20FN5O. The van der Waals surface area contributed by atoms with Crippen molar-refractivity contribution in [3.63, 3.8) is 0 Å². The van der Waals surface area contributed by atoms with Crippen LogP contribution in [-0.4, -0.2) is 42.1 Å². The largest absolute Gasteiger partial charge is 0.374 e. The Morgan fingerprint density at radius 2 is 2.00 bits per heavy atom. The van der Waals surface area contributed by atoms with Gasteiger partial charge in [-0.05, 0) is 48.5 Å². The first kappa shape index (κ1) is 18.2. The van der Waals surface area contributed by atoms with Gasteiger partial charge in [-0.15, -0.1) is 5.10 Å². The average Bonchev–Trinajstić information content (AvgIpc) is 3.18. The summed E-state index contributed by atoms with van der Waals surface area (Å²) in [5, 5.41) is 20.3. The highest BCUT2D eigenvalue weighted by Crippen LogP contribution is 2.26. The molecule has 0 radical (unpaired) electrons. The molecular weight excluding hydrogens is 357 g/mol. The Balaban J connectivity index is 1.64. The van der Waals surface area contributed by atoms with Gasteiger partial charge in [0.05, 0.1) is 35.7 Å². The predicted octanol–water partition coefficient (Wildman–Crippen LogP) is 2.95. The van der Waals surface area contributed by atoms with Crippen molar-refractivity contribution in [3.05, 3.63) is 66.0 Å². The van der Waals surface area contributed by atoms with Gasteiger partial charge in [0, 0.05) is 31.3 Å². The molecule has 2 aromatic carbocycles. The Bertz CT molecular complexity index is 970. The normalized spacial score (nSPS) is 16.5. The number of hydrogen-bond donors (Lipinski definition) is 2. The molecule has 1 aliphatic rings. The smallest absolute Gasteiger partial charge is 0.149 e. The second-order valence-electron chi connectivity index (χ2n) is 6.57. The van der Waals surface area contributed by atoms with E-state index in [9.17, 15) is 4.39 Å². The van der Waals surface area contributed by atoms with Gasteiger partial charge in [-0.3, -0.25) is 0 Å². The molecule has 2 heterocycles. The second-order valence-corrected chi connectivity index (χ2v) is 6.57. The van der Waals surface area contributed by atoms with Gasteiger partial charge in [-0.25, -0.2) is 9.07 Å². The molecule has 6 nitrogen and oxygen atoms in total. The summed E-state index contributed by atoms with van der Waals surface area (Å²) in [7, 11) is 0.